The number of hydrogen-bond donors (Lipinski definition) is 2. The van der Waals surface area contributed by atoms with Gasteiger partial charge in [0.15, 0.2) is 0 Å². The van der Waals surface area contributed by atoms with Crippen molar-refractivity contribution in [2.24, 2.45) is 5.73 Å². The molecule has 1 amide bonds. The highest BCUT2D eigenvalue weighted by atomic mass is 16.7. The highest BCUT2D eigenvalue weighted by Crippen LogP contribution is 2.03. The maximum Gasteiger partial charge on any atom is 0.245 e. The Morgan fingerprint density at radius 3 is 2.42 bits per heavy atom. The predicted octanol–water partition coefficient (Wildman–Crippen LogP) is 0.570. The van der Waals surface area contributed by atoms with Gasteiger partial charge < -0.3 is 5.73 Å². The average molecular weight is 174 g/mol. The van der Waals surface area contributed by atoms with E-state index in [1.54, 1.807) is 6.92 Å². The van der Waals surface area contributed by atoms with Crippen LogP contribution in [0.1, 0.15) is 34.1 Å². The minimum Gasteiger partial charge on any atom is -0.327 e. The molecule has 1 unspecified atom stereocenters. The molecule has 0 heterocycles. The molecule has 0 aliphatic rings. The van der Waals surface area contributed by atoms with Gasteiger partial charge in [0.1, 0.15) is 0 Å². The third-order valence-corrected chi connectivity index (χ3v) is 0.978. The van der Waals surface area contributed by atoms with Gasteiger partial charge in [-0.1, -0.05) is 0 Å². The van der Waals surface area contributed by atoms with Gasteiger partial charge in [-0.05, 0) is 27.7 Å². The van der Waals surface area contributed by atoms with Gasteiger partial charge in [0.25, 0.3) is 0 Å². The molecule has 4 heteroatoms. The molecule has 0 saturated heterocycles. The third kappa shape index (κ3) is 7.50. The molecule has 1 atom stereocenters. The molecule has 3 N–H and O–H groups in total. The summed E-state index contributed by atoms with van der Waals surface area (Å²) in [5.41, 5.74) is 7.40. The molecular weight excluding hydrogens is 156 g/mol. The lowest BCUT2D eigenvalue weighted by Crippen LogP contribution is -2.36. The van der Waals surface area contributed by atoms with Crippen LogP contribution in [0.2, 0.25) is 0 Å². The number of carbonyl (C=O) groups is 1. The summed E-state index contributed by atoms with van der Waals surface area (Å²) in [4.78, 5) is 16.0. The molecule has 0 saturated carbocycles. The molecule has 0 radical (unpaired) electrons. The molecule has 0 aromatic rings. The number of nitrogens with one attached hydrogen (secondary N) is 1. The van der Waals surface area contributed by atoms with Crippen LogP contribution in [0.4, 0.5) is 0 Å². The summed E-state index contributed by atoms with van der Waals surface area (Å²) in [6.45, 7) is 7.36. The minimum atomic E-state index is -0.354. The molecule has 4 nitrogen and oxygen atoms in total. The Morgan fingerprint density at radius 2 is 2.08 bits per heavy atom. The Kier molecular flexibility index (Phi) is 4.20. The van der Waals surface area contributed by atoms with Crippen LogP contribution in [0.3, 0.4) is 0 Å². The van der Waals surface area contributed by atoms with Crippen molar-refractivity contribution in [3.05, 3.63) is 0 Å². The van der Waals surface area contributed by atoms with Gasteiger partial charge in [-0.2, -0.15) is 0 Å². The van der Waals surface area contributed by atoms with Crippen molar-refractivity contribution >= 4 is 5.91 Å². The molecule has 0 bridgehead atoms. The SMILES string of the molecule is CC(N)CC(=O)NOC(C)(C)C. The average Bonchev–Trinajstić information content (AvgIpc) is 1.80. The van der Waals surface area contributed by atoms with Crippen LogP contribution in [0.25, 0.3) is 0 Å². The predicted molar refractivity (Wildman–Crippen MR) is 47.2 cm³/mol. The lowest BCUT2D eigenvalue weighted by molar-refractivity contribution is -0.145. The first kappa shape index (κ1) is 11.4. The van der Waals surface area contributed by atoms with Gasteiger partial charge in [-0.15, -0.1) is 0 Å². The second-order valence-corrected chi connectivity index (χ2v) is 3.92. The molecule has 12 heavy (non-hydrogen) atoms. The van der Waals surface area contributed by atoms with Crippen LogP contribution < -0.4 is 11.2 Å². The van der Waals surface area contributed by atoms with Crippen LogP contribution in [0, 0.1) is 0 Å². The van der Waals surface area contributed by atoms with Crippen LogP contribution >= 0.6 is 0 Å². The van der Waals surface area contributed by atoms with Crippen molar-refractivity contribution in [1.82, 2.24) is 5.48 Å². The van der Waals surface area contributed by atoms with E-state index in [1.807, 2.05) is 20.8 Å². The van der Waals surface area contributed by atoms with Crippen molar-refractivity contribution < 1.29 is 9.63 Å². The number of nitrogens with two attached hydrogens (primary N) is 1. The molecule has 0 aliphatic heterocycles. The molecule has 0 spiro atoms. The number of carbonyl (C=O) groups excluding carboxylic acids is 1. The molecular formula is C8H18N2O2. The second kappa shape index (κ2) is 4.42. The van der Waals surface area contributed by atoms with E-state index in [9.17, 15) is 4.79 Å². The van der Waals surface area contributed by atoms with E-state index in [-0.39, 0.29) is 24.0 Å². The summed E-state index contributed by atoms with van der Waals surface area (Å²) in [5.74, 6) is -0.181. The van der Waals surface area contributed by atoms with Gasteiger partial charge >= 0.3 is 0 Å². The minimum absolute atomic E-state index is 0.131. The maximum atomic E-state index is 11.0. The van der Waals surface area contributed by atoms with E-state index in [0.717, 1.165) is 0 Å². The lowest BCUT2D eigenvalue weighted by atomic mass is 10.2. The quantitative estimate of drug-likeness (QED) is 0.615. The van der Waals surface area contributed by atoms with Crippen LogP contribution in [0.15, 0.2) is 0 Å². The number of hydrogen-bond acceptors (Lipinski definition) is 3. The molecule has 0 rings (SSSR count). The van der Waals surface area contributed by atoms with Gasteiger partial charge in [-0.25, -0.2) is 5.48 Å². The monoisotopic (exact) mass is 174 g/mol. The zero-order chi connectivity index (χ0) is 9.78. The highest BCUT2D eigenvalue weighted by Gasteiger charge is 2.13. The second-order valence-electron chi connectivity index (χ2n) is 3.92. The lowest BCUT2D eigenvalue weighted by Gasteiger charge is -2.19. The van der Waals surface area contributed by atoms with Crippen molar-refractivity contribution in [2.45, 2.75) is 45.8 Å². The van der Waals surface area contributed by atoms with E-state index in [0.29, 0.717) is 0 Å². The first-order valence-electron chi connectivity index (χ1n) is 4.03. The normalized spacial score (nSPS) is 14.1. The zero-order valence-electron chi connectivity index (χ0n) is 8.18. The van der Waals surface area contributed by atoms with E-state index < -0.39 is 0 Å². The fourth-order valence-electron chi connectivity index (χ4n) is 0.544. The van der Waals surface area contributed by atoms with Crippen molar-refractivity contribution in [3.8, 4) is 0 Å². The molecule has 0 fully saturated rings. The first-order chi connectivity index (χ1) is 5.31. The van der Waals surface area contributed by atoms with E-state index in [4.69, 9.17) is 10.6 Å². The van der Waals surface area contributed by atoms with Crippen molar-refractivity contribution in [2.75, 3.05) is 0 Å². The Bertz CT molecular complexity index is 150. The summed E-state index contributed by atoms with van der Waals surface area (Å²) in [6.07, 6.45) is 0.288. The standard InChI is InChI=1S/C8H18N2O2/c1-6(9)5-7(11)10-12-8(2,3)4/h6H,5,9H2,1-4H3,(H,10,11). The Balaban J connectivity index is 3.58. The number of amides is 1. The Labute approximate surface area is 73.4 Å². The fourth-order valence-corrected chi connectivity index (χ4v) is 0.544. The van der Waals surface area contributed by atoms with E-state index in [2.05, 4.69) is 5.48 Å². The number of rotatable bonds is 3. The maximum absolute atomic E-state index is 11.0. The summed E-state index contributed by atoms with van der Waals surface area (Å²) >= 11 is 0. The van der Waals surface area contributed by atoms with Gasteiger partial charge in [-0.3, -0.25) is 9.63 Å². The van der Waals surface area contributed by atoms with Gasteiger partial charge in [0.05, 0.1) is 5.60 Å². The van der Waals surface area contributed by atoms with Gasteiger partial charge in [0.2, 0.25) is 5.91 Å². The summed E-state index contributed by atoms with van der Waals surface area (Å²) in [5, 5.41) is 0. The summed E-state index contributed by atoms with van der Waals surface area (Å²) < 4.78 is 0. The Morgan fingerprint density at radius 1 is 1.58 bits per heavy atom. The molecule has 0 aliphatic carbocycles. The Hall–Kier alpha value is -0.610. The topological polar surface area (TPSA) is 64.4 Å². The summed E-state index contributed by atoms with van der Waals surface area (Å²) in [7, 11) is 0. The van der Waals surface area contributed by atoms with Gasteiger partial charge in [0, 0.05) is 12.5 Å². The number of hydroxylamine groups is 1. The van der Waals surface area contributed by atoms with Crippen molar-refractivity contribution in [1.29, 1.82) is 0 Å². The first-order valence-corrected chi connectivity index (χ1v) is 4.03. The highest BCUT2D eigenvalue weighted by molar-refractivity contribution is 5.75. The third-order valence-electron chi connectivity index (χ3n) is 0.978. The smallest absolute Gasteiger partial charge is 0.245 e. The largest absolute Gasteiger partial charge is 0.327 e. The van der Waals surface area contributed by atoms with Crippen LogP contribution in [0.5, 0.6) is 0 Å². The van der Waals surface area contributed by atoms with E-state index in [1.165, 1.54) is 0 Å². The van der Waals surface area contributed by atoms with Crippen LogP contribution in [-0.2, 0) is 9.63 Å². The fraction of sp³-hybridized carbons (Fsp3) is 0.875. The summed E-state index contributed by atoms with van der Waals surface area (Å²) in [6, 6.07) is -0.131. The van der Waals surface area contributed by atoms with Crippen LogP contribution in [-0.4, -0.2) is 17.6 Å². The van der Waals surface area contributed by atoms with Crippen molar-refractivity contribution in [3.63, 3.8) is 0 Å². The zero-order valence-corrected chi connectivity index (χ0v) is 8.18. The molecule has 72 valence electrons. The molecule has 0 aromatic heterocycles. The molecule has 0 aromatic carbocycles. The van der Waals surface area contributed by atoms with E-state index >= 15 is 0 Å².